The van der Waals surface area contributed by atoms with Crippen LogP contribution in [0, 0.1) is 0 Å². The molecule has 112 valence electrons. The molecule has 1 aliphatic heterocycles. The third kappa shape index (κ3) is 2.75. The maximum atomic E-state index is 12.4. The minimum absolute atomic E-state index is 0.00153. The third-order valence-corrected chi connectivity index (χ3v) is 5.56. The highest BCUT2D eigenvalue weighted by Gasteiger charge is 2.24. The maximum absolute atomic E-state index is 12.4. The maximum Gasteiger partial charge on any atom is 0.281 e. The van der Waals surface area contributed by atoms with Crippen molar-refractivity contribution in [2.24, 2.45) is 7.05 Å². The smallest absolute Gasteiger partial charge is 0.281 e. The minimum Gasteiger partial charge on any atom is -0.385 e. The fraction of sp³-hybridized carbons (Fsp3) is 0.333. The second-order valence-corrected chi connectivity index (χ2v) is 7.17. The molecular formula is C12H14BrN5O2S. The summed E-state index contributed by atoms with van der Waals surface area (Å²) in [4.78, 5) is 0. The van der Waals surface area contributed by atoms with Crippen LogP contribution in [-0.4, -0.2) is 30.0 Å². The van der Waals surface area contributed by atoms with E-state index in [4.69, 9.17) is 0 Å². The summed E-state index contributed by atoms with van der Waals surface area (Å²) in [5, 5.41) is 10.7. The normalized spacial score (nSPS) is 14.4. The molecule has 9 heteroatoms. The number of hydrogen-bond donors (Lipinski definition) is 2. The lowest BCUT2D eigenvalue weighted by Gasteiger charge is -2.19. The molecule has 0 fully saturated rings. The van der Waals surface area contributed by atoms with E-state index >= 15 is 0 Å². The predicted octanol–water partition coefficient (Wildman–Crippen LogP) is 1.74. The van der Waals surface area contributed by atoms with E-state index in [2.05, 4.69) is 36.3 Å². The van der Waals surface area contributed by atoms with E-state index in [0.29, 0.717) is 5.69 Å². The van der Waals surface area contributed by atoms with E-state index < -0.39 is 10.0 Å². The molecule has 3 rings (SSSR count). The first-order valence-electron chi connectivity index (χ1n) is 6.42. The summed E-state index contributed by atoms with van der Waals surface area (Å²) in [6.07, 6.45) is 1.98. The Kier molecular flexibility index (Phi) is 3.62. The Morgan fingerprint density at radius 1 is 1.43 bits per heavy atom. The molecule has 1 aliphatic rings. The highest BCUT2D eigenvalue weighted by molar-refractivity contribution is 9.10. The Hall–Kier alpha value is -1.61. The van der Waals surface area contributed by atoms with E-state index in [1.165, 1.54) is 11.7 Å². The minimum atomic E-state index is -3.74. The molecule has 1 aromatic carbocycles. The van der Waals surface area contributed by atoms with Crippen molar-refractivity contribution in [1.29, 1.82) is 0 Å². The van der Waals surface area contributed by atoms with Gasteiger partial charge in [0.05, 0.1) is 0 Å². The lowest BCUT2D eigenvalue weighted by atomic mass is 10.0. The van der Waals surface area contributed by atoms with Gasteiger partial charge in [0.2, 0.25) is 5.03 Å². The largest absolute Gasteiger partial charge is 0.385 e. The lowest BCUT2D eigenvalue weighted by molar-refractivity contribution is 0.578. The van der Waals surface area contributed by atoms with Crippen molar-refractivity contribution in [2.75, 3.05) is 16.6 Å². The van der Waals surface area contributed by atoms with Crippen LogP contribution < -0.4 is 10.0 Å². The standard InChI is InChI=1S/C12H14BrN5O2S/c1-18-12(11(13)15-17-18)21(19,20)16-9-4-5-10-8(7-9)3-2-6-14-10/h4-5,7,14,16H,2-3,6H2,1H3. The highest BCUT2D eigenvalue weighted by Crippen LogP contribution is 2.27. The molecule has 0 saturated carbocycles. The molecule has 0 atom stereocenters. The molecule has 0 aliphatic carbocycles. The number of nitrogens with one attached hydrogen (secondary N) is 2. The number of hydrogen-bond acceptors (Lipinski definition) is 5. The topological polar surface area (TPSA) is 88.9 Å². The monoisotopic (exact) mass is 371 g/mol. The Morgan fingerprint density at radius 3 is 2.95 bits per heavy atom. The molecule has 2 aromatic rings. The van der Waals surface area contributed by atoms with E-state index in [1.807, 2.05) is 12.1 Å². The average Bonchev–Trinajstić information content (AvgIpc) is 2.78. The summed E-state index contributed by atoms with van der Waals surface area (Å²) in [5.74, 6) is 0. The van der Waals surface area contributed by atoms with Crippen LogP contribution in [0.2, 0.25) is 0 Å². The zero-order chi connectivity index (χ0) is 15.0. The molecule has 7 nitrogen and oxygen atoms in total. The van der Waals surface area contributed by atoms with Crippen molar-refractivity contribution in [3.05, 3.63) is 28.4 Å². The van der Waals surface area contributed by atoms with Gasteiger partial charge >= 0.3 is 0 Å². The van der Waals surface area contributed by atoms with Gasteiger partial charge in [-0.3, -0.25) is 4.72 Å². The number of nitrogens with zero attached hydrogens (tertiary/aromatic N) is 3. The first kappa shape index (κ1) is 14.3. The lowest BCUT2D eigenvalue weighted by Crippen LogP contribution is -2.18. The Bertz CT molecular complexity index is 767. The highest BCUT2D eigenvalue weighted by atomic mass is 79.9. The van der Waals surface area contributed by atoms with Gasteiger partial charge in [0.15, 0.2) is 4.60 Å². The Balaban J connectivity index is 1.93. The number of benzene rings is 1. The van der Waals surface area contributed by atoms with Crippen LogP contribution in [0.1, 0.15) is 12.0 Å². The molecule has 2 N–H and O–H groups in total. The number of sulfonamides is 1. The van der Waals surface area contributed by atoms with Gasteiger partial charge in [0.25, 0.3) is 10.0 Å². The van der Waals surface area contributed by atoms with Crippen LogP contribution >= 0.6 is 15.9 Å². The van der Waals surface area contributed by atoms with Gasteiger partial charge in [0.1, 0.15) is 0 Å². The Labute approximate surface area is 130 Å². The predicted molar refractivity (Wildman–Crippen MR) is 82.8 cm³/mol. The van der Waals surface area contributed by atoms with Gasteiger partial charge in [-0.25, -0.2) is 4.68 Å². The van der Waals surface area contributed by atoms with Crippen molar-refractivity contribution in [1.82, 2.24) is 15.0 Å². The summed E-state index contributed by atoms with van der Waals surface area (Å²) in [6, 6.07) is 5.49. The Morgan fingerprint density at radius 2 is 2.24 bits per heavy atom. The second-order valence-electron chi connectivity index (χ2n) is 4.82. The second kappa shape index (κ2) is 5.30. The van der Waals surface area contributed by atoms with Gasteiger partial charge < -0.3 is 5.32 Å². The average molecular weight is 372 g/mol. The molecule has 21 heavy (non-hydrogen) atoms. The molecule has 0 amide bonds. The summed E-state index contributed by atoms with van der Waals surface area (Å²) >= 11 is 3.10. The van der Waals surface area contributed by atoms with Crippen molar-refractivity contribution in [3.63, 3.8) is 0 Å². The van der Waals surface area contributed by atoms with Gasteiger partial charge in [-0.2, -0.15) is 8.42 Å². The molecule has 0 radical (unpaired) electrons. The van der Waals surface area contributed by atoms with Crippen molar-refractivity contribution in [2.45, 2.75) is 17.9 Å². The van der Waals surface area contributed by atoms with Gasteiger partial charge in [-0.1, -0.05) is 5.21 Å². The van der Waals surface area contributed by atoms with Crippen LogP contribution in [0.15, 0.2) is 27.8 Å². The number of halogens is 1. The van der Waals surface area contributed by atoms with E-state index in [1.54, 1.807) is 6.07 Å². The molecule has 1 aromatic heterocycles. The van der Waals surface area contributed by atoms with Crippen LogP contribution in [0.4, 0.5) is 11.4 Å². The third-order valence-electron chi connectivity index (χ3n) is 3.29. The number of aromatic nitrogens is 3. The first-order chi connectivity index (χ1) is 9.97. The zero-order valence-corrected chi connectivity index (χ0v) is 13.7. The zero-order valence-electron chi connectivity index (χ0n) is 11.3. The fourth-order valence-corrected chi connectivity index (χ4v) is 4.50. The molecular weight excluding hydrogens is 358 g/mol. The molecule has 0 unspecified atom stereocenters. The van der Waals surface area contributed by atoms with Crippen molar-refractivity contribution < 1.29 is 8.42 Å². The van der Waals surface area contributed by atoms with Crippen LogP contribution in [-0.2, 0) is 23.5 Å². The first-order valence-corrected chi connectivity index (χ1v) is 8.70. The van der Waals surface area contributed by atoms with Gasteiger partial charge in [0, 0.05) is 25.0 Å². The van der Waals surface area contributed by atoms with Crippen molar-refractivity contribution >= 4 is 37.3 Å². The molecule has 0 spiro atoms. The summed E-state index contributed by atoms with van der Waals surface area (Å²) in [5.41, 5.74) is 2.71. The van der Waals surface area contributed by atoms with Crippen molar-refractivity contribution in [3.8, 4) is 0 Å². The van der Waals surface area contributed by atoms with Crippen LogP contribution in [0.25, 0.3) is 0 Å². The number of anilines is 2. The van der Waals surface area contributed by atoms with Crippen LogP contribution in [0.3, 0.4) is 0 Å². The quantitative estimate of drug-likeness (QED) is 0.857. The van der Waals surface area contributed by atoms with E-state index in [0.717, 1.165) is 30.6 Å². The fourth-order valence-electron chi connectivity index (χ4n) is 2.35. The van der Waals surface area contributed by atoms with E-state index in [-0.39, 0.29) is 9.63 Å². The van der Waals surface area contributed by atoms with Gasteiger partial charge in [-0.15, -0.1) is 5.10 Å². The number of aryl methyl sites for hydroxylation is 2. The molecule has 2 heterocycles. The molecule has 0 saturated heterocycles. The number of fused-ring (bicyclic) bond motifs is 1. The van der Waals surface area contributed by atoms with Crippen LogP contribution in [0.5, 0.6) is 0 Å². The molecule has 0 bridgehead atoms. The van der Waals surface area contributed by atoms with Gasteiger partial charge in [-0.05, 0) is 52.5 Å². The summed E-state index contributed by atoms with van der Waals surface area (Å²) in [7, 11) is -2.21. The number of rotatable bonds is 3. The van der Waals surface area contributed by atoms with E-state index in [9.17, 15) is 8.42 Å². The summed E-state index contributed by atoms with van der Waals surface area (Å²) < 4.78 is 28.8. The SMILES string of the molecule is Cn1nnc(Br)c1S(=O)(=O)Nc1ccc2c(c1)CCCN2. The summed E-state index contributed by atoms with van der Waals surface area (Å²) in [6.45, 7) is 0.950.